The number of nitriles is 1. The summed E-state index contributed by atoms with van der Waals surface area (Å²) < 4.78 is 19.2. The van der Waals surface area contributed by atoms with Crippen LogP contribution in [-0.2, 0) is 6.54 Å². The van der Waals surface area contributed by atoms with E-state index in [9.17, 15) is 4.39 Å². The highest BCUT2D eigenvalue weighted by Gasteiger charge is 2.23. The molecule has 0 spiro atoms. The molecule has 1 aromatic heterocycles. The lowest BCUT2D eigenvalue weighted by Crippen LogP contribution is -2.32. The first kappa shape index (κ1) is 11.5. The molecule has 96 valence electrons. The average Bonchev–Trinajstić information content (AvgIpc) is 2.92. The van der Waals surface area contributed by atoms with E-state index in [2.05, 4.69) is 9.97 Å². The number of hydrogen-bond donors (Lipinski definition) is 1. The van der Waals surface area contributed by atoms with Gasteiger partial charge in [-0.25, -0.2) is 9.37 Å². The van der Waals surface area contributed by atoms with Gasteiger partial charge in [-0.05, 0) is 12.1 Å². The van der Waals surface area contributed by atoms with Gasteiger partial charge in [-0.3, -0.25) is 0 Å². The van der Waals surface area contributed by atoms with Crippen LogP contribution in [0.4, 0.5) is 10.1 Å². The van der Waals surface area contributed by atoms with Crippen molar-refractivity contribution in [3.63, 3.8) is 0 Å². The van der Waals surface area contributed by atoms with Crippen molar-refractivity contribution in [1.29, 1.82) is 5.26 Å². The zero-order chi connectivity index (χ0) is 13.2. The number of halogens is 1. The SMILES string of the molecule is N#Cc1cc(F)c2c(c1)N(Cc1c[nH]cn1)CCO2. The fourth-order valence-corrected chi connectivity index (χ4v) is 2.14. The molecule has 1 aliphatic rings. The molecule has 6 heteroatoms. The van der Waals surface area contributed by atoms with E-state index < -0.39 is 5.82 Å². The Kier molecular flexibility index (Phi) is 2.80. The van der Waals surface area contributed by atoms with Crippen molar-refractivity contribution in [1.82, 2.24) is 9.97 Å². The van der Waals surface area contributed by atoms with Gasteiger partial charge in [0.1, 0.15) is 6.61 Å². The van der Waals surface area contributed by atoms with Crippen LogP contribution in [0.5, 0.6) is 5.75 Å². The molecule has 1 N–H and O–H groups in total. The molecule has 0 bridgehead atoms. The van der Waals surface area contributed by atoms with Crippen molar-refractivity contribution in [2.75, 3.05) is 18.1 Å². The van der Waals surface area contributed by atoms with Crippen molar-refractivity contribution in [3.05, 3.63) is 41.7 Å². The Morgan fingerprint density at radius 2 is 2.42 bits per heavy atom. The summed E-state index contributed by atoms with van der Waals surface area (Å²) in [7, 11) is 0. The van der Waals surface area contributed by atoms with Gasteiger partial charge in [0.2, 0.25) is 0 Å². The molecule has 0 saturated heterocycles. The van der Waals surface area contributed by atoms with Crippen molar-refractivity contribution in [3.8, 4) is 11.8 Å². The van der Waals surface area contributed by atoms with E-state index >= 15 is 0 Å². The van der Waals surface area contributed by atoms with E-state index in [0.29, 0.717) is 25.4 Å². The molecule has 0 amide bonds. The summed E-state index contributed by atoms with van der Waals surface area (Å²) in [6.07, 6.45) is 3.39. The Morgan fingerprint density at radius 1 is 1.53 bits per heavy atom. The molecule has 2 heterocycles. The van der Waals surface area contributed by atoms with Gasteiger partial charge in [-0.2, -0.15) is 5.26 Å². The van der Waals surface area contributed by atoms with E-state index in [-0.39, 0.29) is 11.3 Å². The summed E-state index contributed by atoms with van der Waals surface area (Å²) in [6, 6.07) is 4.79. The van der Waals surface area contributed by atoms with Crippen molar-refractivity contribution >= 4 is 5.69 Å². The number of benzene rings is 1. The predicted molar refractivity (Wildman–Crippen MR) is 66.2 cm³/mol. The Morgan fingerprint density at radius 3 is 3.16 bits per heavy atom. The van der Waals surface area contributed by atoms with Crippen LogP contribution in [-0.4, -0.2) is 23.1 Å². The van der Waals surface area contributed by atoms with Crippen LogP contribution < -0.4 is 9.64 Å². The lowest BCUT2D eigenvalue weighted by Gasteiger charge is -2.31. The van der Waals surface area contributed by atoms with Crippen molar-refractivity contribution < 1.29 is 9.13 Å². The summed E-state index contributed by atoms with van der Waals surface area (Å²) >= 11 is 0. The molecule has 5 nitrogen and oxygen atoms in total. The van der Waals surface area contributed by atoms with Gasteiger partial charge in [0.05, 0.1) is 42.4 Å². The lowest BCUT2D eigenvalue weighted by molar-refractivity contribution is 0.291. The zero-order valence-electron chi connectivity index (χ0n) is 10.1. The second-order valence-electron chi connectivity index (χ2n) is 4.25. The second kappa shape index (κ2) is 4.61. The van der Waals surface area contributed by atoms with Crippen molar-refractivity contribution in [2.45, 2.75) is 6.54 Å². The number of hydrogen-bond acceptors (Lipinski definition) is 4. The number of imidazole rings is 1. The van der Waals surface area contributed by atoms with Gasteiger partial charge >= 0.3 is 0 Å². The maximum Gasteiger partial charge on any atom is 0.178 e. The molecule has 0 saturated carbocycles. The maximum absolute atomic E-state index is 13.8. The van der Waals surface area contributed by atoms with Crippen LogP contribution in [0.2, 0.25) is 0 Å². The minimum atomic E-state index is -0.499. The molecule has 0 aliphatic carbocycles. The zero-order valence-corrected chi connectivity index (χ0v) is 10.1. The van der Waals surface area contributed by atoms with E-state index in [1.165, 1.54) is 6.07 Å². The summed E-state index contributed by atoms with van der Waals surface area (Å²) in [6.45, 7) is 1.60. The minimum Gasteiger partial charge on any atom is -0.486 e. The lowest BCUT2D eigenvalue weighted by atomic mass is 10.1. The fraction of sp³-hybridized carbons (Fsp3) is 0.231. The highest BCUT2D eigenvalue weighted by Crippen LogP contribution is 2.35. The highest BCUT2D eigenvalue weighted by atomic mass is 19.1. The van der Waals surface area contributed by atoms with Crippen LogP contribution in [0.1, 0.15) is 11.3 Å². The van der Waals surface area contributed by atoms with Gasteiger partial charge in [-0.15, -0.1) is 0 Å². The van der Waals surface area contributed by atoms with Crippen LogP contribution in [0, 0.1) is 17.1 Å². The van der Waals surface area contributed by atoms with Gasteiger partial charge < -0.3 is 14.6 Å². The average molecular weight is 258 g/mol. The maximum atomic E-state index is 13.8. The molecular weight excluding hydrogens is 247 g/mol. The number of aromatic nitrogens is 2. The van der Waals surface area contributed by atoms with E-state index in [4.69, 9.17) is 10.00 Å². The van der Waals surface area contributed by atoms with Crippen LogP contribution in [0.3, 0.4) is 0 Å². The molecule has 1 aliphatic heterocycles. The summed E-state index contributed by atoms with van der Waals surface area (Å²) in [5.41, 5.74) is 1.75. The van der Waals surface area contributed by atoms with Gasteiger partial charge in [0.25, 0.3) is 0 Å². The topological polar surface area (TPSA) is 64.9 Å². The highest BCUT2D eigenvalue weighted by molar-refractivity contribution is 5.63. The number of rotatable bonds is 2. The largest absolute Gasteiger partial charge is 0.486 e. The quantitative estimate of drug-likeness (QED) is 0.892. The number of ether oxygens (including phenoxy) is 1. The van der Waals surface area contributed by atoms with Gasteiger partial charge in [0, 0.05) is 6.20 Å². The van der Waals surface area contributed by atoms with E-state index in [0.717, 1.165) is 5.69 Å². The normalized spacial score (nSPS) is 13.6. The second-order valence-corrected chi connectivity index (χ2v) is 4.25. The molecule has 0 unspecified atom stereocenters. The number of nitrogens with zero attached hydrogens (tertiary/aromatic N) is 3. The third-order valence-corrected chi connectivity index (χ3v) is 3.01. The van der Waals surface area contributed by atoms with E-state index in [1.54, 1.807) is 18.6 Å². The van der Waals surface area contributed by atoms with Crippen LogP contribution in [0.25, 0.3) is 0 Å². The summed E-state index contributed by atoms with van der Waals surface area (Å²) in [5.74, 6) is -0.290. The third kappa shape index (κ3) is 2.10. The van der Waals surface area contributed by atoms with Crippen LogP contribution >= 0.6 is 0 Å². The fourth-order valence-electron chi connectivity index (χ4n) is 2.14. The number of fused-ring (bicyclic) bond motifs is 1. The molecule has 2 aromatic rings. The molecule has 0 radical (unpaired) electrons. The molecule has 1 aromatic carbocycles. The third-order valence-electron chi connectivity index (χ3n) is 3.01. The van der Waals surface area contributed by atoms with Crippen molar-refractivity contribution in [2.24, 2.45) is 0 Å². The number of nitrogens with one attached hydrogen (secondary N) is 1. The Bertz CT molecular complexity index is 633. The predicted octanol–water partition coefficient (Wildman–Crippen LogP) is 1.82. The molecular formula is C13H11FN4O. The van der Waals surface area contributed by atoms with Gasteiger partial charge in [0.15, 0.2) is 11.6 Å². The summed E-state index contributed by atoms with van der Waals surface area (Å²) in [5, 5.41) is 8.91. The van der Waals surface area contributed by atoms with E-state index in [1.807, 2.05) is 11.0 Å². The van der Waals surface area contributed by atoms with Crippen LogP contribution in [0.15, 0.2) is 24.7 Å². The Balaban J connectivity index is 1.99. The minimum absolute atomic E-state index is 0.209. The molecule has 3 rings (SSSR count). The smallest absolute Gasteiger partial charge is 0.178 e. The Labute approximate surface area is 109 Å². The summed E-state index contributed by atoms with van der Waals surface area (Å²) in [4.78, 5) is 8.99. The molecule has 19 heavy (non-hydrogen) atoms. The van der Waals surface area contributed by atoms with Gasteiger partial charge in [-0.1, -0.05) is 0 Å². The first-order valence-corrected chi connectivity index (χ1v) is 5.87. The molecule has 0 fully saturated rings. The number of H-pyrrole nitrogens is 1. The first-order valence-electron chi connectivity index (χ1n) is 5.87. The number of anilines is 1. The Hall–Kier alpha value is -2.55. The molecule has 0 atom stereocenters. The monoisotopic (exact) mass is 258 g/mol. The standard InChI is InChI=1S/C13H11FN4O/c14-11-3-9(5-15)4-12-13(11)19-2-1-18(12)7-10-6-16-8-17-10/h3-4,6,8H,1-2,7H2,(H,16,17). The number of aromatic amines is 1. The first-order chi connectivity index (χ1) is 9.28.